The Kier molecular flexibility index (Phi) is 4.53. The summed E-state index contributed by atoms with van der Waals surface area (Å²) in [5, 5.41) is 19.5. The molecule has 0 saturated carbocycles. The Hall–Kier alpha value is -1.71. The SMILES string of the molecule is Cc1cccc(CC(CO)(CO)c2cccc(F)c2)c1. The molecule has 0 heterocycles. The van der Waals surface area contributed by atoms with E-state index < -0.39 is 5.41 Å². The maximum Gasteiger partial charge on any atom is 0.123 e. The highest BCUT2D eigenvalue weighted by atomic mass is 19.1. The Balaban J connectivity index is 2.39. The predicted octanol–water partition coefficient (Wildman–Crippen LogP) is 2.60. The number of aryl methyl sites for hydroxylation is 1. The van der Waals surface area contributed by atoms with E-state index in [9.17, 15) is 14.6 Å². The van der Waals surface area contributed by atoms with Crippen LogP contribution in [0.15, 0.2) is 48.5 Å². The monoisotopic (exact) mass is 274 g/mol. The first-order chi connectivity index (χ1) is 9.59. The molecule has 0 unspecified atom stereocenters. The Morgan fingerprint density at radius 1 is 1.00 bits per heavy atom. The summed E-state index contributed by atoms with van der Waals surface area (Å²) >= 11 is 0. The summed E-state index contributed by atoms with van der Waals surface area (Å²) in [6.45, 7) is 1.52. The van der Waals surface area contributed by atoms with Crippen molar-refractivity contribution >= 4 is 0 Å². The number of hydrogen-bond donors (Lipinski definition) is 2. The van der Waals surface area contributed by atoms with Crippen molar-refractivity contribution in [3.05, 3.63) is 71.0 Å². The van der Waals surface area contributed by atoms with Crippen LogP contribution in [-0.2, 0) is 11.8 Å². The molecule has 0 saturated heterocycles. The van der Waals surface area contributed by atoms with Gasteiger partial charge in [0.2, 0.25) is 0 Å². The second kappa shape index (κ2) is 6.16. The van der Waals surface area contributed by atoms with Crippen LogP contribution >= 0.6 is 0 Å². The lowest BCUT2D eigenvalue weighted by atomic mass is 9.76. The van der Waals surface area contributed by atoms with Crippen molar-refractivity contribution in [2.24, 2.45) is 0 Å². The maximum atomic E-state index is 13.4. The summed E-state index contributed by atoms with van der Waals surface area (Å²) in [5.74, 6) is -0.363. The van der Waals surface area contributed by atoms with E-state index in [-0.39, 0.29) is 19.0 Å². The van der Waals surface area contributed by atoms with Gasteiger partial charge in [0.05, 0.1) is 13.2 Å². The Morgan fingerprint density at radius 3 is 2.30 bits per heavy atom. The molecule has 3 heteroatoms. The third-order valence-electron chi connectivity index (χ3n) is 3.67. The third-order valence-corrected chi connectivity index (χ3v) is 3.67. The molecule has 0 aliphatic heterocycles. The van der Waals surface area contributed by atoms with E-state index in [2.05, 4.69) is 0 Å². The first-order valence-electron chi connectivity index (χ1n) is 6.63. The van der Waals surface area contributed by atoms with Gasteiger partial charge in [-0.3, -0.25) is 0 Å². The molecule has 2 aromatic carbocycles. The number of rotatable bonds is 5. The van der Waals surface area contributed by atoms with E-state index in [0.29, 0.717) is 12.0 Å². The molecule has 0 radical (unpaired) electrons. The number of benzene rings is 2. The molecule has 0 aromatic heterocycles. The van der Waals surface area contributed by atoms with Crippen LogP contribution in [0.5, 0.6) is 0 Å². The first kappa shape index (κ1) is 14.7. The van der Waals surface area contributed by atoms with Gasteiger partial charge in [-0.05, 0) is 36.6 Å². The molecule has 0 aliphatic rings. The number of aliphatic hydroxyl groups excluding tert-OH is 2. The molecule has 2 aromatic rings. The summed E-state index contributed by atoms with van der Waals surface area (Å²) in [5.41, 5.74) is 1.88. The van der Waals surface area contributed by atoms with Crippen molar-refractivity contribution in [2.45, 2.75) is 18.8 Å². The number of hydrogen-bond acceptors (Lipinski definition) is 2. The number of aliphatic hydroxyl groups is 2. The van der Waals surface area contributed by atoms with Crippen molar-refractivity contribution in [3.63, 3.8) is 0 Å². The summed E-state index contributed by atoms with van der Waals surface area (Å²) in [4.78, 5) is 0. The van der Waals surface area contributed by atoms with Crippen molar-refractivity contribution in [1.29, 1.82) is 0 Å². The van der Waals surface area contributed by atoms with Gasteiger partial charge in [-0.15, -0.1) is 0 Å². The normalized spacial score (nSPS) is 11.6. The van der Waals surface area contributed by atoms with Gasteiger partial charge >= 0.3 is 0 Å². The Labute approximate surface area is 118 Å². The van der Waals surface area contributed by atoms with Crippen LogP contribution in [0.25, 0.3) is 0 Å². The molecule has 0 spiro atoms. The molecule has 2 nitrogen and oxygen atoms in total. The molecule has 2 N–H and O–H groups in total. The van der Waals surface area contributed by atoms with Crippen molar-refractivity contribution in [2.75, 3.05) is 13.2 Å². The lowest BCUT2D eigenvalue weighted by Crippen LogP contribution is -2.37. The fraction of sp³-hybridized carbons (Fsp3) is 0.294. The average molecular weight is 274 g/mol. The van der Waals surface area contributed by atoms with Gasteiger partial charge in [0.25, 0.3) is 0 Å². The summed E-state index contributed by atoms with van der Waals surface area (Å²) < 4.78 is 13.4. The molecular formula is C17H19FO2. The molecule has 0 bridgehead atoms. The highest BCUT2D eigenvalue weighted by Gasteiger charge is 2.31. The van der Waals surface area contributed by atoms with Crippen LogP contribution < -0.4 is 0 Å². The van der Waals surface area contributed by atoms with Crippen LogP contribution in [0.4, 0.5) is 4.39 Å². The van der Waals surface area contributed by atoms with Crippen molar-refractivity contribution in [1.82, 2.24) is 0 Å². The zero-order valence-corrected chi connectivity index (χ0v) is 11.5. The summed E-state index contributed by atoms with van der Waals surface area (Å²) in [6, 6.07) is 14.0. The maximum absolute atomic E-state index is 13.4. The summed E-state index contributed by atoms with van der Waals surface area (Å²) in [7, 11) is 0. The van der Waals surface area contributed by atoms with Crippen LogP contribution in [0.1, 0.15) is 16.7 Å². The average Bonchev–Trinajstić information content (AvgIpc) is 2.45. The van der Waals surface area contributed by atoms with Gasteiger partial charge in [0.15, 0.2) is 0 Å². The lowest BCUT2D eigenvalue weighted by molar-refractivity contribution is 0.116. The van der Waals surface area contributed by atoms with Crippen molar-refractivity contribution < 1.29 is 14.6 Å². The smallest absolute Gasteiger partial charge is 0.123 e. The van der Waals surface area contributed by atoms with E-state index in [1.807, 2.05) is 31.2 Å². The fourth-order valence-corrected chi connectivity index (χ4v) is 2.48. The molecule has 0 atom stereocenters. The van der Waals surface area contributed by atoms with Crippen LogP contribution in [-0.4, -0.2) is 23.4 Å². The van der Waals surface area contributed by atoms with Gasteiger partial charge in [0, 0.05) is 5.41 Å². The minimum Gasteiger partial charge on any atom is -0.395 e. The van der Waals surface area contributed by atoms with Crippen LogP contribution in [0.3, 0.4) is 0 Å². The summed E-state index contributed by atoms with van der Waals surface area (Å²) in [6.07, 6.45) is 0.463. The Morgan fingerprint density at radius 2 is 1.70 bits per heavy atom. The largest absolute Gasteiger partial charge is 0.395 e. The van der Waals surface area contributed by atoms with Gasteiger partial charge in [-0.25, -0.2) is 4.39 Å². The molecule has 2 rings (SSSR count). The molecule has 106 valence electrons. The second-order valence-corrected chi connectivity index (χ2v) is 5.27. The van der Waals surface area contributed by atoms with E-state index in [1.165, 1.54) is 12.1 Å². The minimum absolute atomic E-state index is 0.235. The van der Waals surface area contributed by atoms with E-state index in [4.69, 9.17) is 0 Å². The van der Waals surface area contributed by atoms with E-state index >= 15 is 0 Å². The minimum atomic E-state index is -0.865. The second-order valence-electron chi connectivity index (χ2n) is 5.27. The standard InChI is InChI=1S/C17H19FO2/c1-13-4-2-5-14(8-13)10-17(11-19,12-20)15-6-3-7-16(18)9-15/h2-9,19-20H,10-12H2,1H3. The van der Waals surface area contributed by atoms with E-state index in [1.54, 1.807) is 12.1 Å². The lowest BCUT2D eigenvalue weighted by Gasteiger charge is -2.30. The molecular weight excluding hydrogens is 255 g/mol. The molecule has 0 aliphatic carbocycles. The third kappa shape index (κ3) is 3.06. The quantitative estimate of drug-likeness (QED) is 0.880. The molecule has 20 heavy (non-hydrogen) atoms. The predicted molar refractivity (Wildman–Crippen MR) is 77.1 cm³/mol. The van der Waals surface area contributed by atoms with Crippen LogP contribution in [0, 0.1) is 12.7 Å². The first-order valence-corrected chi connectivity index (χ1v) is 6.63. The Bertz CT molecular complexity index is 577. The van der Waals surface area contributed by atoms with Gasteiger partial charge < -0.3 is 10.2 Å². The highest BCUT2D eigenvalue weighted by Crippen LogP contribution is 2.28. The van der Waals surface area contributed by atoms with E-state index in [0.717, 1.165) is 11.1 Å². The zero-order chi connectivity index (χ0) is 14.6. The van der Waals surface area contributed by atoms with Crippen LogP contribution in [0.2, 0.25) is 0 Å². The topological polar surface area (TPSA) is 40.5 Å². The van der Waals surface area contributed by atoms with Gasteiger partial charge in [-0.1, -0.05) is 42.0 Å². The fourth-order valence-electron chi connectivity index (χ4n) is 2.48. The van der Waals surface area contributed by atoms with Gasteiger partial charge in [-0.2, -0.15) is 0 Å². The number of halogens is 1. The van der Waals surface area contributed by atoms with Crippen molar-refractivity contribution in [3.8, 4) is 0 Å². The van der Waals surface area contributed by atoms with Gasteiger partial charge in [0.1, 0.15) is 5.82 Å². The molecule has 0 fully saturated rings. The highest BCUT2D eigenvalue weighted by molar-refractivity contribution is 5.32. The zero-order valence-electron chi connectivity index (χ0n) is 11.5. The molecule has 0 amide bonds.